The first-order valence-corrected chi connectivity index (χ1v) is 8.33. The zero-order valence-corrected chi connectivity index (χ0v) is 14.6. The minimum Gasteiger partial charge on any atom is -0.288 e. The van der Waals surface area contributed by atoms with Gasteiger partial charge in [-0.15, -0.1) is 0 Å². The maximum atomic E-state index is 14.2. The molecular formula is C19H20F2N4O. The summed E-state index contributed by atoms with van der Waals surface area (Å²) in [6.07, 6.45) is 1.43. The number of anilines is 1. The van der Waals surface area contributed by atoms with Gasteiger partial charge in [-0.2, -0.15) is 5.10 Å². The van der Waals surface area contributed by atoms with Gasteiger partial charge in [-0.3, -0.25) is 14.8 Å². The van der Waals surface area contributed by atoms with Gasteiger partial charge in [0.1, 0.15) is 24.6 Å². The van der Waals surface area contributed by atoms with Crippen molar-refractivity contribution in [2.45, 2.75) is 26.4 Å². The number of hydrogen-bond donors (Lipinski definition) is 0. The van der Waals surface area contributed by atoms with E-state index >= 15 is 0 Å². The zero-order chi connectivity index (χ0) is 18.7. The molecule has 0 spiro atoms. The maximum Gasteiger partial charge on any atom is 0.331 e. The van der Waals surface area contributed by atoms with Crippen LogP contribution in [0.25, 0.3) is 0 Å². The standard InChI is InChI=1S/C19H20F2N4O/c1-14(2)25(18-9-8-16(20)10-17(18)21)19(26)23-12-22-24(13-23)11-15-6-4-3-5-7-15/h3-10,12,14H,11,13H2,1-2H3. The average Bonchev–Trinajstić information content (AvgIpc) is 3.06. The summed E-state index contributed by atoms with van der Waals surface area (Å²) in [4.78, 5) is 15.6. The largest absolute Gasteiger partial charge is 0.331 e. The Morgan fingerprint density at radius 3 is 2.58 bits per heavy atom. The highest BCUT2D eigenvalue weighted by Gasteiger charge is 2.29. The molecule has 1 aliphatic heterocycles. The van der Waals surface area contributed by atoms with E-state index in [1.165, 1.54) is 22.2 Å². The molecule has 1 heterocycles. The molecule has 0 radical (unpaired) electrons. The Hall–Kier alpha value is -2.96. The minimum atomic E-state index is -0.774. The van der Waals surface area contributed by atoms with E-state index in [-0.39, 0.29) is 18.4 Å². The van der Waals surface area contributed by atoms with Gasteiger partial charge in [0.05, 0.1) is 12.2 Å². The van der Waals surface area contributed by atoms with Gasteiger partial charge in [0.15, 0.2) is 0 Å². The van der Waals surface area contributed by atoms with Crippen molar-refractivity contribution in [1.29, 1.82) is 0 Å². The van der Waals surface area contributed by atoms with Crippen LogP contribution in [0.5, 0.6) is 0 Å². The van der Waals surface area contributed by atoms with Gasteiger partial charge in [-0.1, -0.05) is 30.3 Å². The van der Waals surface area contributed by atoms with Gasteiger partial charge in [-0.05, 0) is 31.5 Å². The third-order valence-corrected chi connectivity index (χ3v) is 4.02. The summed E-state index contributed by atoms with van der Waals surface area (Å²) in [5, 5.41) is 5.98. The van der Waals surface area contributed by atoms with Crippen molar-refractivity contribution >= 4 is 18.1 Å². The van der Waals surface area contributed by atoms with Crippen LogP contribution in [0.1, 0.15) is 19.4 Å². The first kappa shape index (κ1) is 17.8. The van der Waals surface area contributed by atoms with E-state index in [9.17, 15) is 13.6 Å². The molecule has 0 unspecified atom stereocenters. The Morgan fingerprint density at radius 1 is 1.19 bits per heavy atom. The first-order valence-electron chi connectivity index (χ1n) is 8.33. The van der Waals surface area contributed by atoms with Crippen LogP contribution in [0, 0.1) is 11.6 Å². The second-order valence-electron chi connectivity index (χ2n) is 6.33. The molecule has 0 fully saturated rings. The first-order chi connectivity index (χ1) is 12.5. The molecular weight excluding hydrogens is 338 g/mol. The number of hydrogen-bond acceptors (Lipinski definition) is 3. The van der Waals surface area contributed by atoms with Crippen LogP contribution in [0.2, 0.25) is 0 Å². The van der Waals surface area contributed by atoms with Crippen molar-refractivity contribution in [2.75, 3.05) is 11.6 Å². The molecule has 2 aromatic carbocycles. The number of halogens is 2. The molecule has 7 heteroatoms. The van der Waals surface area contributed by atoms with Crippen molar-refractivity contribution < 1.29 is 13.6 Å². The van der Waals surface area contributed by atoms with Crippen LogP contribution in [-0.4, -0.2) is 35.0 Å². The smallest absolute Gasteiger partial charge is 0.288 e. The third kappa shape index (κ3) is 3.82. The predicted molar refractivity (Wildman–Crippen MR) is 96.6 cm³/mol. The second kappa shape index (κ2) is 7.51. The highest BCUT2D eigenvalue weighted by Crippen LogP contribution is 2.24. The van der Waals surface area contributed by atoms with Gasteiger partial charge in [-0.25, -0.2) is 13.6 Å². The Balaban J connectivity index is 1.74. The maximum absolute atomic E-state index is 14.2. The minimum absolute atomic E-state index is 0.0429. The molecule has 0 aromatic heterocycles. The van der Waals surface area contributed by atoms with Gasteiger partial charge >= 0.3 is 6.03 Å². The number of rotatable bonds is 4. The average molecular weight is 358 g/mol. The van der Waals surface area contributed by atoms with E-state index in [1.54, 1.807) is 18.9 Å². The lowest BCUT2D eigenvalue weighted by atomic mass is 10.2. The van der Waals surface area contributed by atoms with Crippen LogP contribution in [0.15, 0.2) is 53.6 Å². The van der Waals surface area contributed by atoms with Crippen LogP contribution in [0.4, 0.5) is 19.3 Å². The highest BCUT2D eigenvalue weighted by molar-refractivity contribution is 5.99. The van der Waals surface area contributed by atoms with Crippen LogP contribution in [0.3, 0.4) is 0 Å². The number of hydrazone groups is 1. The zero-order valence-electron chi connectivity index (χ0n) is 14.6. The van der Waals surface area contributed by atoms with Crippen molar-refractivity contribution in [2.24, 2.45) is 5.10 Å². The Morgan fingerprint density at radius 2 is 1.92 bits per heavy atom. The Labute approximate surface area is 151 Å². The molecule has 0 N–H and O–H groups in total. The third-order valence-electron chi connectivity index (χ3n) is 4.02. The fraction of sp³-hybridized carbons (Fsp3) is 0.263. The van der Waals surface area contributed by atoms with Crippen LogP contribution >= 0.6 is 0 Å². The summed E-state index contributed by atoms with van der Waals surface area (Å²) in [6, 6.07) is 12.2. The van der Waals surface area contributed by atoms with Crippen molar-refractivity contribution in [3.05, 3.63) is 65.7 Å². The number of urea groups is 1. The lowest BCUT2D eigenvalue weighted by Crippen LogP contribution is -2.47. The van der Waals surface area contributed by atoms with Crippen LogP contribution < -0.4 is 4.90 Å². The van der Waals surface area contributed by atoms with Crippen molar-refractivity contribution in [3.8, 4) is 0 Å². The van der Waals surface area contributed by atoms with Gasteiger partial charge < -0.3 is 0 Å². The van der Waals surface area contributed by atoms with Gasteiger partial charge in [0.2, 0.25) is 0 Å². The van der Waals surface area contributed by atoms with E-state index < -0.39 is 17.7 Å². The van der Waals surface area contributed by atoms with Gasteiger partial charge in [0.25, 0.3) is 0 Å². The molecule has 5 nitrogen and oxygen atoms in total. The normalized spacial score (nSPS) is 13.6. The topological polar surface area (TPSA) is 39.2 Å². The fourth-order valence-corrected chi connectivity index (χ4v) is 2.80. The highest BCUT2D eigenvalue weighted by atomic mass is 19.1. The van der Waals surface area contributed by atoms with Crippen molar-refractivity contribution in [1.82, 2.24) is 9.91 Å². The van der Waals surface area contributed by atoms with Crippen LogP contribution in [-0.2, 0) is 6.54 Å². The van der Waals surface area contributed by atoms with E-state index in [0.717, 1.165) is 17.7 Å². The summed E-state index contributed by atoms with van der Waals surface area (Å²) < 4.78 is 27.4. The summed E-state index contributed by atoms with van der Waals surface area (Å²) in [7, 11) is 0. The number of nitrogens with zero attached hydrogens (tertiary/aromatic N) is 4. The summed E-state index contributed by atoms with van der Waals surface area (Å²) >= 11 is 0. The molecule has 2 amide bonds. The Kier molecular flexibility index (Phi) is 5.16. The molecule has 1 aliphatic rings. The number of amides is 2. The molecule has 0 aliphatic carbocycles. The number of carbonyl (C=O) groups excluding carboxylic acids is 1. The lowest BCUT2D eigenvalue weighted by Gasteiger charge is -2.30. The number of benzene rings is 2. The quantitative estimate of drug-likeness (QED) is 0.828. The molecule has 0 saturated carbocycles. The lowest BCUT2D eigenvalue weighted by molar-refractivity contribution is 0.200. The summed E-state index contributed by atoms with van der Waals surface area (Å²) in [5.41, 5.74) is 1.12. The molecule has 0 bridgehead atoms. The summed E-state index contributed by atoms with van der Waals surface area (Å²) in [6.45, 7) is 4.37. The molecule has 136 valence electrons. The van der Waals surface area contributed by atoms with E-state index in [1.807, 2.05) is 30.3 Å². The molecule has 2 aromatic rings. The van der Waals surface area contributed by atoms with Crippen molar-refractivity contribution in [3.63, 3.8) is 0 Å². The Bertz CT molecular complexity index is 810. The monoisotopic (exact) mass is 358 g/mol. The van der Waals surface area contributed by atoms with E-state index in [0.29, 0.717) is 6.54 Å². The van der Waals surface area contributed by atoms with E-state index in [2.05, 4.69) is 5.10 Å². The fourth-order valence-electron chi connectivity index (χ4n) is 2.80. The molecule has 0 saturated heterocycles. The molecule has 26 heavy (non-hydrogen) atoms. The van der Waals surface area contributed by atoms with Gasteiger partial charge in [0, 0.05) is 12.1 Å². The van der Waals surface area contributed by atoms with E-state index in [4.69, 9.17) is 0 Å². The summed E-state index contributed by atoms with van der Waals surface area (Å²) in [5.74, 6) is -1.46. The molecule has 3 rings (SSSR count). The predicted octanol–water partition coefficient (Wildman–Crippen LogP) is 4.02. The molecule has 0 atom stereocenters. The number of carbonyl (C=O) groups is 1. The second-order valence-corrected chi connectivity index (χ2v) is 6.33. The SMILES string of the molecule is CC(C)N(C(=O)N1C=NN(Cc2ccccc2)C1)c1ccc(F)cc1F.